The number of hydrogen-bond acceptors (Lipinski definition) is 3. The van der Waals surface area contributed by atoms with Gasteiger partial charge in [0, 0.05) is 23.4 Å². The van der Waals surface area contributed by atoms with Crippen molar-refractivity contribution in [3.63, 3.8) is 0 Å². The van der Waals surface area contributed by atoms with Crippen LogP contribution in [0.2, 0.25) is 0 Å². The molecule has 0 saturated heterocycles. The number of amides is 1. The quantitative estimate of drug-likeness (QED) is 0.930. The molecule has 0 radical (unpaired) electrons. The molecule has 1 amide bonds. The maximum Gasteiger partial charge on any atom is 0.224 e. The number of anilines is 1. The molecular formula is C14H15FN2OS. The number of carbonyl (C=O) groups is 1. The first-order chi connectivity index (χ1) is 9.04. The van der Waals surface area contributed by atoms with Gasteiger partial charge in [-0.3, -0.25) is 4.79 Å². The average molecular weight is 278 g/mol. The van der Waals surface area contributed by atoms with Crippen molar-refractivity contribution in [2.75, 3.05) is 5.32 Å². The van der Waals surface area contributed by atoms with Crippen molar-refractivity contribution in [2.45, 2.75) is 26.7 Å². The largest absolute Gasteiger partial charge is 0.326 e. The Balaban J connectivity index is 1.86. The van der Waals surface area contributed by atoms with Crippen LogP contribution in [0.1, 0.15) is 22.0 Å². The Morgan fingerprint density at radius 2 is 2.00 bits per heavy atom. The molecule has 0 aliphatic heterocycles. The first-order valence-corrected chi connectivity index (χ1v) is 6.84. The maximum absolute atomic E-state index is 12.7. The van der Waals surface area contributed by atoms with E-state index in [9.17, 15) is 9.18 Å². The van der Waals surface area contributed by atoms with Crippen LogP contribution in [0.3, 0.4) is 0 Å². The van der Waals surface area contributed by atoms with Crippen LogP contribution in [0, 0.1) is 19.7 Å². The molecule has 2 aromatic rings. The first kappa shape index (κ1) is 13.7. The van der Waals surface area contributed by atoms with E-state index in [2.05, 4.69) is 10.3 Å². The van der Waals surface area contributed by atoms with Crippen molar-refractivity contribution in [1.29, 1.82) is 0 Å². The Morgan fingerprint density at radius 3 is 2.58 bits per heavy atom. The molecule has 0 aliphatic rings. The normalized spacial score (nSPS) is 10.5. The molecule has 1 heterocycles. The van der Waals surface area contributed by atoms with E-state index in [-0.39, 0.29) is 11.7 Å². The lowest BCUT2D eigenvalue weighted by atomic mass is 10.2. The molecule has 1 aromatic heterocycles. The molecule has 19 heavy (non-hydrogen) atoms. The summed E-state index contributed by atoms with van der Waals surface area (Å²) in [6.45, 7) is 3.99. The summed E-state index contributed by atoms with van der Waals surface area (Å²) in [6, 6.07) is 5.74. The molecule has 3 nitrogen and oxygen atoms in total. The predicted molar refractivity (Wildman–Crippen MR) is 74.9 cm³/mol. The van der Waals surface area contributed by atoms with Crippen LogP contribution in [-0.2, 0) is 11.2 Å². The second-order valence-electron chi connectivity index (χ2n) is 4.30. The smallest absolute Gasteiger partial charge is 0.224 e. The third-order valence-corrected chi connectivity index (χ3v) is 3.90. The molecule has 0 bridgehead atoms. The van der Waals surface area contributed by atoms with Gasteiger partial charge in [0.25, 0.3) is 0 Å². The summed E-state index contributed by atoms with van der Waals surface area (Å²) in [5.41, 5.74) is 1.64. The summed E-state index contributed by atoms with van der Waals surface area (Å²) in [4.78, 5) is 17.3. The molecule has 100 valence electrons. The number of aromatic nitrogens is 1. The van der Waals surface area contributed by atoms with E-state index in [1.54, 1.807) is 23.5 Å². The molecule has 2 rings (SSSR count). The zero-order chi connectivity index (χ0) is 13.8. The minimum absolute atomic E-state index is 0.0860. The van der Waals surface area contributed by atoms with Gasteiger partial charge >= 0.3 is 0 Å². The number of benzene rings is 1. The highest BCUT2D eigenvalue weighted by molar-refractivity contribution is 7.11. The summed E-state index contributed by atoms with van der Waals surface area (Å²) in [5, 5.41) is 3.71. The summed E-state index contributed by atoms with van der Waals surface area (Å²) >= 11 is 1.62. The van der Waals surface area contributed by atoms with Crippen LogP contribution in [-0.4, -0.2) is 10.9 Å². The Labute approximate surface area is 115 Å². The minimum Gasteiger partial charge on any atom is -0.326 e. The molecule has 1 aromatic carbocycles. The van der Waals surface area contributed by atoms with Crippen LogP contribution in [0.15, 0.2) is 24.3 Å². The fraction of sp³-hybridized carbons (Fsp3) is 0.286. The van der Waals surface area contributed by atoms with Gasteiger partial charge in [-0.05, 0) is 38.1 Å². The Kier molecular flexibility index (Phi) is 4.27. The highest BCUT2D eigenvalue weighted by atomic mass is 32.1. The molecule has 0 saturated carbocycles. The van der Waals surface area contributed by atoms with Gasteiger partial charge in [0.2, 0.25) is 5.91 Å². The van der Waals surface area contributed by atoms with Crippen molar-refractivity contribution < 1.29 is 9.18 Å². The van der Waals surface area contributed by atoms with Crippen molar-refractivity contribution >= 4 is 22.9 Å². The van der Waals surface area contributed by atoms with Crippen molar-refractivity contribution in [2.24, 2.45) is 0 Å². The fourth-order valence-corrected chi connectivity index (χ4v) is 2.56. The molecule has 0 atom stereocenters. The molecule has 5 heteroatoms. The summed E-state index contributed by atoms with van der Waals surface area (Å²) in [7, 11) is 0. The van der Waals surface area contributed by atoms with Crippen molar-refractivity contribution in [3.05, 3.63) is 45.7 Å². The standard InChI is InChI=1S/C14H15FN2OS/c1-9-10(2)19-14(16-9)8-7-13(18)17-12-5-3-11(15)4-6-12/h3-6H,7-8H2,1-2H3,(H,17,18). The zero-order valence-corrected chi connectivity index (χ0v) is 11.7. The van der Waals surface area contributed by atoms with Gasteiger partial charge in [0.05, 0.1) is 10.7 Å². The molecule has 0 fully saturated rings. The number of hydrogen-bond donors (Lipinski definition) is 1. The van der Waals surface area contributed by atoms with Crippen LogP contribution in [0.5, 0.6) is 0 Å². The van der Waals surface area contributed by atoms with Crippen molar-refractivity contribution in [3.8, 4) is 0 Å². The van der Waals surface area contributed by atoms with E-state index < -0.39 is 0 Å². The molecule has 0 unspecified atom stereocenters. The van der Waals surface area contributed by atoms with Gasteiger partial charge in [0.1, 0.15) is 5.82 Å². The van der Waals surface area contributed by atoms with Gasteiger partial charge in [0.15, 0.2) is 0 Å². The van der Waals surface area contributed by atoms with Crippen molar-refractivity contribution in [1.82, 2.24) is 4.98 Å². The second kappa shape index (κ2) is 5.93. The number of nitrogens with zero attached hydrogens (tertiary/aromatic N) is 1. The Hall–Kier alpha value is -1.75. The minimum atomic E-state index is -0.313. The number of nitrogens with one attached hydrogen (secondary N) is 1. The number of carbonyl (C=O) groups excluding carboxylic acids is 1. The van der Waals surface area contributed by atoms with E-state index in [0.717, 1.165) is 10.7 Å². The summed E-state index contributed by atoms with van der Waals surface area (Å²) in [5.74, 6) is -0.399. The third-order valence-electron chi connectivity index (χ3n) is 2.77. The maximum atomic E-state index is 12.7. The molecular weight excluding hydrogens is 263 g/mol. The lowest BCUT2D eigenvalue weighted by molar-refractivity contribution is -0.116. The lowest BCUT2D eigenvalue weighted by Crippen LogP contribution is -2.12. The molecule has 0 aliphatic carbocycles. The number of halogens is 1. The highest BCUT2D eigenvalue weighted by Gasteiger charge is 2.07. The summed E-state index contributed by atoms with van der Waals surface area (Å²) in [6.07, 6.45) is 1.01. The van der Waals surface area contributed by atoms with E-state index >= 15 is 0 Å². The first-order valence-electron chi connectivity index (χ1n) is 6.03. The van der Waals surface area contributed by atoms with Gasteiger partial charge in [-0.1, -0.05) is 0 Å². The average Bonchev–Trinajstić information content (AvgIpc) is 2.69. The van der Waals surface area contributed by atoms with Gasteiger partial charge in [-0.25, -0.2) is 9.37 Å². The van der Waals surface area contributed by atoms with Crippen LogP contribution in [0.4, 0.5) is 10.1 Å². The number of thiazole rings is 1. The van der Waals surface area contributed by atoms with Crippen LogP contribution < -0.4 is 5.32 Å². The van der Waals surface area contributed by atoms with Crippen LogP contribution in [0.25, 0.3) is 0 Å². The summed E-state index contributed by atoms with van der Waals surface area (Å²) < 4.78 is 12.7. The van der Waals surface area contributed by atoms with Gasteiger partial charge in [-0.15, -0.1) is 11.3 Å². The van der Waals surface area contributed by atoms with E-state index in [4.69, 9.17) is 0 Å². The number of aryl methyl sites for hydroxylation is 3. The topological polar surface area (TPSA) is 42.0 Å². The second-order valence-corrected chi connectivity index (χ2v) is 5.59. The third kappa shape index (κ3) is 3.86. The van der Waals surface area contributed by atoms with Crippen LogP contribution >= 0.6 is 11.3 Å². The van der Waals surface area contributed by atoms with E-state index in [0.29, 0.717) is 18.5 Å². The Morgan fingerprint density at radius 1 is 1.32 bits per heavy atom. The molecule has 1 N–H and O–H groups in total. The SMILES string of the molecule is Cc1nc(CCC(=O)Nc2ccc(F)cc2)sc1C. The zero-order valence-electron chi connectivity index (χ0n) is 10.9. The Bertz CT molecular complexity index is 558. The van der Waals surface area contributed by atoms with E-state index in [1.165, 1.54) is 17.0 Å². The highest BCUT2D eigenvalue weighted by Crippen LogP contribution is 2.18. The lowest BCUT2D eigenvalue weighted by Gasteiger charge is -2.03. The fourth-order valence-electron chi connectivity index (χ4n) is 1.62. The number of rotatable bonds is 4. The monoisotopic (exact) mass is 278 g/mol. The van der Waals surface area contributed by atoms with Gasteiger partial charge in [-0.2, -0.15) is 0 Å². The molecule has 0 spiro atoms. The predicted octanol–water partition coefficient (Wildman–Crippen LogP) is 3.47. The van der Waals surface area contributed by atoms with Gasteiger partial charge < -0.3 is 5.32 Å². The van der Waals surface area contributed by atoms with E-state index in [1.807, 2.05) is 13.8 Å².